The molecule has 3 rings (SSSR count). The van der Waals surface area contributed by atoms with E-state index in [9.17, 15) is 13.2 Å². The van der Waals surface area contributed by atoms with E-state index >= 15 is 0 Å². The van der Waals surface area contributed by atoms with Crippen LogP contribution in [-0.4, -0.2) is 19.4 Å². The number of para-hydroxylation sites is 2. The molecule has 0 saturated carbocycles. The Balaban J connectivity index is 1.74. The highest BCUT2D eigenvalue weighted by atomic mass is 35.5. The van der Waals surface area contributed by atoms with Crippen molar-refractivity contribution >= 4 is 50.5 Å². The van der Waals surface area contributed by atoms with Crippen molar-refractivity contribution in [3.8, 4) is 11.5 Å². The smallest absolute Gasteiger partial charge is 0.257 e. The second-order valence-electron chi connectivity index (χ2n) is 6.01. The van der Waals surface area contributed by atoms with Gasteiger partial charge in [0.15, 0.2) is 10.9 Å². The number of nitrogens with one attached hydrogen (secondary N) is 2. The van der Waals surface area contributed by atoms with Gasteiger partial charge >= 0.3 is 0 Å². The monoisotopic (exact) mass is 461 g/mol. The van der Waals surface area contributed by atoms with Crippen molar-refractivity contribution in [2.45, 2.75) is 4.90 Å². The van der Waals surface area contributed by atoms with Gasteiger partial charge in [-0.3, -0.25) is 10.1 Å². The topological polar surface area (TPSA) is 111 Å². The van der Waals surface area contributed by atoms with E-state index in [0.29, 0.717) is 22.7 Å². The Bertz CT molecular complexity index is 1200. The molecule has 0 fully saturated rings. The molecule has 0 aliphatic carbocycles. The number of carbonyl (C=O) groups excluding carboxylic acids is 1. The Hall–Kier alpha value is -2.98. The molecule has 3 aromatic carbocycles. The highest BCUT2D eigenvalue weighted by molar-refractivity contribution is 7.89. The lowest BCUT2D eigenvalue weighted by molar-refractivity contribution is 0.0977. The second kappa shape index (κ2) is 9.23. The first-order valence-corrected chi connectivity index (χ1v) is 10.8. The van der Waals surface area contributed by atoms with Crippen LogP contribution < -0.4 is 20.5 Å². The van der Waals surface area contributed by atoms with Crippen LogP contribution in [0, 0.1) is 0 Å². The van der Waals surface area contributed by atoms with Gasteiger partial charge in [-0.25, -0.2) is 13.6 Å². The van der Waals surface area contributed by atoms with Crippen molar-refractivity contribution in [2.75, 3.05) is 5.32 Å². The molecule has 0 heterocycles. The van der Waals surface area contributed by atoms with E-state index < -0.39 is 10.0 Å². The SMILES string of the molecule is NS(=O)(=O)c1ccc(Oc2ccccc2NC(=S)NC(=O)c2ccccc2)cc1Cl. The van der Waals surface area contributed by atoms with Gasteiger partial charge in [-0.05, 0) is 48.6 Å². The minimum atomic E-state index is -3.94. The maximum Gasteiger partial charge on any atom is 0.257 e. The standard InChI is InChI=1S/C20H16ClN3O4S2/c21-15-12-14(10-11-18(15)30(22,26)27)28-17-9-5-4-8-16(17)23-20(29)24-19(25)13-6-2-1-3-7-13/h1-12H,(H2,22,26,27)(H2,23,24,25,29). The molecule has 0 aliphatic heterocycles. The van der Waals surface area contributed by atoms with E-state index in [1.165, 1.54) is 18.2 Å². The Morgan fingerprint density at radius 3 is 2.33 bits per heavy atom. The first-order valence-electron chi connectivity index (χ1n) is 8.50. The lowest BCUT2D eigenvalue weighted by Gasteiger charge is -2.14. The van der Waals surface area contributed by atoms with Crippen molar-refractivity contribution in [1.82, 2.24) is 5.32 Å². The van der Waals surface area contributed by atoms with Gasteiger partial charge in [-0.1, -0.05) is 41.9 Å². The van der Waals surface area contributed by atoms with Crippen LogP contribution in [0.3, 0.4) is 0 Å². The summed E-state index contributed by atoms with van der Waals surface area (Å²) in [7, 11) is -3.94. The van der Waals surface area contributed by atoms with Gasteiger partial charge in [0.2, 0.25) is 10.0 Å². The van der Waals surface area contributed by atoms with E-state index in [-0.39, 0.29) is 20.9 Å². The first-order chi connectivity index (χ1) is 14.2. The Kier molecular flexibility index (Phi) is 6.68. The third kappa shape index (κ3) is 5.55. The molecule has 30 heavy (non-hydrogen) atoms. The fourth-order valence-corrected chi connectivity index (χ4v) is 3.76. The number of hydrogen-bond acceptors (Lipinski definition) is 5. The van der Waals surface area contributed by atoms with Crippen molar-refractivity contribution in [3.05, 3.63) is 83.4 Å². The summed E-state index contributed by atoms with van der Waals surface area (Å²) >= 11 is 11.2. The maximum absolute atomic E-state index is 12.2. The van der Waals surface area contributed by atoms with Crippen LogP contribution in [-0.2, 0) is 10.0 Å². The number of thiocarbonyl (C=S) groups is 1. The summed E-state index contributed by atoms with van der Waals surface area (Å²) < 4.78 is 28.8. The third-order valence-corrected chi connectivity index (χ3v) is 5.43. The molecule has 4 N–H and O–H groups in total. The minimum Gasteiger partial charge on any atom is -0.455 e. The Labute approximate surface area is 183 Å². The zero-order valence-electron chi connectivity index (χ0n) is 15.3. The molecule has 0 saturated heterocycles. The number of benzene rings is 3. The molecule has 0 spiro atoms. The number of sulfonamides is 1. The fraction of sp³-hybridized carbons (Fsp3) is 0. The molecule has 0 atom stereocenters. The number of nitrogens with two attached hydrogens (primary N) is 1. The Morgan fingerprint density at radius 2 is 1.67 bits per heavy atom. The molecular formula is C20H16ClN3O4S2. The van der Waals surface area contributed by atoms with Crippen LogP contribution in [0.15, 0.2) is 77.7 Å². The van der Waals surface area contributed by atoms with Crippen LogP contribution in [0.5, 0.6) is 11.5 Å². The van der Waals surface area contributed by atoms with Gasteiger partial charge in [0, 0.05) is 11.6 Å². The summed E-state index contributed by atoms with van der Waals surface area (Å²) in [5.41, 5.74) is 0.957. The molecule has 0 aliphatic rings. The fourth-order valence-electron chi connectivity index (χ4n) is 2.48. The number of amides is 1. The van der Waals surface area contributed by atoms with Crippen LogP contribution in [0.4, 0.5) is 5.69 Å². The summed E-state index contributed by atoms with van der Waals surface area (Å²) in [4.78, 5) is 12.0. The van der Waals surface area contributed by atoms with E-state index in [0.717, 1.165) is 0 Å². The number of hydrogen-bond donors (Lipinski definition) is 3. The number of primary sulfonamides is 1. The maximum atomic E-state index is 12.2. The van der Waals surface area contributed by atoms with E-state index in [1.54, 1.807) is 48.5 Å². The van der Waals surface area contributed by atoms with Gasteiger partial charge in [0.1, 0.15) is 10.6 Å². The molecule has 7 nitrogen and oxygen atoms in total. The molecule has 10 heteroatoms. The van der Waals surface area contributed by atoms with E-state index in [4.69, 9.17) is 33.7 Å². The van der Waals surface area contributed by atoms with Crippen molar-refractivity contribution in [2.24, 2.45) is 5.14 Å². The van der Waals surface area contributed by atoms with Crippen molar-refractivity contribution < 1.29 is 17.9 Å². The lowest BCUT2D eigenvalue weighted by Crippen LogP contribution is -2.34. The number of halogens is 1. The highest BCUT2D eigenvalue weighted by Crippen LogP contribution is 2.32. The average molecular weight is 462 g/mol. The van der Waals surface area contributed by atoms with Crippen molar-refractivity contribution in [1.29, 1.82) is 0 Å². The van der Waals surface area contributed by atoms with Gasteiger partial charge in [-0.2, -0.15) is 0 Å². The number of anilines is 1. The van der Waals surface area contributed by atoms with Crippen LogP contribution in [0.1, 0.15) is 10.4 Å². The van der Waals surface area contributed by atoms with E-state index in [1.807, 2.05) is 6.07 Å². The van der Waals surface area contributed by atoms with Gasteiger partial charge in [0.05, 0.1) is 10.7 Å². The summed E-state index contributed by atoms with van der Waals surface area (Å²) in [6.07, 6.45) is 0. The normalized spacial score (nSPS) is 10.9. The molecule has 0 unspecified atom stereocenters. The van der Waals surface area contributed by atoms with E-state index in [2.05, 4.69) is 10.6 Å². The van der Waals surface area contributed by atoms with Gasteiger partial charge in [0.25, 0.3) is 5.91 Å². The zero-order chi connectivity index (χ0) is 21.7. The lowest BCUT2D eigenvalue weighted by atomic mass is 10.2. The predicted molar refractivity (Wildman–Crippen MR) is 119 cm³/mol. The molecule has 3 aromatic rings. The molecule has 0 radical (unpaired) electrons. The van der Waals surface area contributed by atoms with Crippen LogP contribution in [0.25, 0.3) is 0 Å². The second-order valence-corrected chi connectivity index (χ2v) is 8.36. The van der Waals surface area contributed by atoms with Crippen molar-refractivity contribution in [3.63, 3.8) is 0 Å². The quantitative estimate of drug-likeness (QED) is 0.497. The summed E-state index contributed by atoms with van der Waals surface area (Å²) in [5.74, 6) is 0.325. The highest BCUT2D eigenvalue weighted by Gasteiger charge is 2.15. The molecule has 1 amide bonds. The molecule has 154 valence electrons. The van der Waals surface area contributed by atoms with Gasteiger partial charge < -0.3 is 10.1 Å². The minimum absolute atomic E-state index is 0.0638. The molecule has 0 bridgehead atoms. The number of rotatable bonds is 5. The summed E-state index contributed by atoms with van der Waals surface area (Å²) in [6.45, 7) is 0. The molecule has 0 aromatic heterocycles. The average Bonchev–Trinajstić information content (AvgIpc) is 2.69. The molecular weight excluding hydrogens is 446 g/mol. The van der Waals surface area contributed by atoms with Gasteiger partial charge in [-0.15, -0.1) is 0 Å². The number of ether oxygens (including phenoxy) is 1. The summed E-state index contributed by atoms with van der Waals surface area (Å²) in [5, 5.41) is 10.6. The third-order valence-electron chi connectivity index (χ3n) is 3.84. The Morgan fingerprint density at radius 1 is 1.00 bits per heavy atom. The summed E-state index contributed by atoms with van der Waals surface area (Å²) in [6, 6.07) is 19.6. The predicted octanol–water partition coefficient (Wildman–Crippen LogP) is 3.91. The number of carbonyl (C=O) groups is 1. The first kappa shape index (κ1) is 21.7. The van der Waals surface area contributed by atoms with Crippen LogP contribution >= 0.6 is 23.8 Å². The van der Waals surface area contributed by atoms with Crippen LogP contribution in [0.2, 0.25) is 5.02 Å². The zero-order valence-corrected chi connectivity index (χ0v) is 17.7. The largest absolute Gasteiger partial charge is 0.455 e.